The van der Waals surface area contributed by atoms with Gasteiger partial charge in [-0.1, -0.05) is 6.92 Å². The second kappa shape index (κ2) is 7.58. The predicted molar refractivity (Wildman–Crippen MR) is 120 cm³/mol. The van der Waals surface area contributed by atoms with E-state index in [0.717, 1.165) is 55.3 Å². The Morgan fingerprint density at radius 2 is 2.03 bits per heavy atom. The molecule has 2 aliphatic heterocycles. The smallest absolute Gasteiger partial charge is 0.183 e. The second-order valence-electron chi connectivity index (χ2n) is 8.79. The fraction of sp³-hybridized carbons (Fsp3) is 0.391. The van der Waals surface area contributed by atoms with Crippen molar-refractivity contribution in [2.75, 3.05) is 29.4 Å². The number of nitrogens with zero attached hydrogens (tertiary/aromatic N) is 8. The lowest BCUT2D eigenvalue weighted by Crippen LogP contribution is -2.25. The molecule has 2 atom stereocenters. The lowest BCUT2D eigenvalue weighted by molar-refractivity contribution is 0.562. The van der Waals surface area contributed by atoms with E-state index in [1.807, 2.05) is 29.3 Å². The van der Waals surface area contributed by atoms with Crippen LogP contribution in [0.3, 0.4) is 0 Å². The van der Waals surface area contributed by atoms with E-state index < -0.39 is 0 Å². The first-order chi connectivity index (χ1) is 15.7. The average molecular weight is 433 g/mol. The molecule has 0 aromatic carbocycles. The molecule has 0 saturated carbocycles. The molecular weight excluding hydrogens is 407 g/mol. The van der Waals surface area contributed by atoms with Crippen LogP contribution in [-0.4, -0.2) is 49.0 Å². The van der Waals surface area contributed by atoms with Crippen molar-refractivity contribution >= 4 is 17.2 Å². The number of aromatic nitrogens is 6. The normalized spacial score (nSPS) is 21.2. The highest BCUT2D eigenvalue weighted by atomic mass is 19.1. The van der Waals surface area contributed by atoms with E-state index in [9.17, 15) is 4.39 Å². The Kier molecular flexibility index (Phi) is 4.55. The summed E-state index contributed by atoms with van der Waals surface area (Å²) in [7, 11) is 0. The van der Waals surface area contributed by atoms with E-state index in [-0.39, 0.29) is 11.9 Å². The molecular formula is C23H25FN8. The van der Waals surface area contributed by atoms with Crippen LogP contribution in [0.2, 0.25) is 0 Å². The van der Waals surface area contributed by atoms with Crippen molar-refractivity contribution in [1.82, 2.24) is 29.4 Å². The van der Waals surface area contributed by atoms with Gasteiger partial charge >= 0.3 is 0 Å². The topological polar surface area (TPSA) is 67.4 Å². The van der Waals surface area contributed by atoms with Gasteiger partial charge in [0.05, 0.1) is 36.0 Å². The Labute approximate surface area is 185 Å². The lowest BCUT2D eigenvalue weighted by Gasteiger charge is -2.25. The van der Waals surface area contributed by atoms with Crippen LogP contribution in [0.5, 0.6) is 0 Å². The molecule has 6 heterocycles. The van der Waals surface area contributed by atoms with Crippen LogP contribution < -0.4 is 9.80 Å². The SMILES string of the molecule is CC1CCN(c2cnn(-c3cnn4ccc(N5CCC[C@@H]5c5ncccc5F)nc34)c2)C1. The van der Waals surface area contributed by atoms with Crippen molar-refractivity contribution < 1.29 is 4.39 Å². The van der Waals surface area contributed by atoms with Crippen molar-refractivity contribution in [2.45, 2.75) is 32.2 Å². The second-order valence-corrected chi connectivity index (χ2v) is 8.79. The summed E-state index contributed by atoms with van der Waals surface area (Å²) >= 11 is 0. The zero-order valence-electron chi connectivity index (χ0n) is 18.0. The Morgan fingerprint density at radius 1 is 1.09 bits per heavy atom. The first kappa shape index (κ1) is 19.2. The summed E-state index contributed by atoms with van der Waals surface area (Å²) in [6.45, 7) is 5.21. The monoisotopic (exact) mass is 432 g/mol. The number of halogens is 1. The highest BCUT2D eigenvalue weighted by molar-refractivity contribution is 5.62. The number of hydrogen-bond acceptors (Lipinski definition) is 6. The van der Waals surface area contributed by atoms with Gasteiger partial charge in [0, 0.05) is 32.0 Å². The number of rotatable bonds is 4. The Balaban J connectivity index is 1.34. The quantitative estimate of drug-likeness (QED) is 0.491. The van der Waals surface area contributed by atoms with E-state index >= 15 is 0 Å². The third kappa shape index (κ3) is 3.19. The Bertz CT molecular complexity index is 1260. The summed E-state index contributed by atoms with van der Waals surface area (Å²) in [5.74, 6) is 1.24. The molecule has 2 aliphatic rings. The molecule has 0 spiro atoms. The molecule has 4 aromatic heterocycles. The molecule has 4 aromatic rings. The summed E-state index contributed by atoms with van der Waals surface area (Å²) in [5.41, 5.74) is 3.15. The maximum Gasteiger partial charge on any atom is 0.183 e. The summed E-state index contributed by atoms with van der Waals surface area (Å²) in [6.07, 6.45) is 12.3. The molecule has 2 saturated heterocycles. The van der Waals surface area contributed by atoms with Gasteiger partial charge in [-0.05, 0) is 43.4 Å². The summed E-state index contributed by atoms with van der Waals surface area (Å²) in [4.78, 5) is 13.7. The fourth-order valence-electron chi connectivity index (χ4n) is 4.92. The van der Waals surface area contributed by atoms with Gasteiger partial charge in [-0.15, -0.1) is 0 Å². The van der Waals surface area contributed by atoms with Crippen molar-refractivity contribution in [3.8, 4) is 5.69 Å². The van der Waals surface area contributed by atoms with Crippen LogP contribution in [0.25, 0.3) is 11.3 Å². The summed E-state index contributed by atoms with van der Waals surface area (Å²) in [5, 5.41) is 9.05. The number of pyridine rings is 1. The van der Waals surface area contributed by atoms with Crippen molar-refractivity contribution in [3.63, 3.8) is 0 Å². The Hall–Kier alpha value is -3.49. The average Bonchev–Trinajstić information content (AvgIpc) is 3.59. The number of anilines is 2. The number of fused-ring (bicyclic) bond motifs is 1. The van der Waals surface area contributed by atoms with E-state index in [4.69, 9.17) is 4.98 Å². The maximum atomic E-state index is 14.4. The minimum absolute atomic E-state index is 0.119. The molecule has 9 heteroatoms. The van der Waals surface area contributed by atoms with Gasteiger partial charge < -0.3 is 9.80 Å². The van der Waals surface area contributed by atoms with E-state index in [1.165, 1.54) is 12.5 Å². The molecule has 0 N–H and O–H groups in total. The van der Waals surface area contributed by atoms with Crippen LogP contribution >= 0.6 is 0 Å². The van der Waals surface area contributed by atoms with Crippen molar-refractivity contribution in [2.24, 2.45) is 5.92 Å². The minimum Gasteiger partial charge on any atom is -0.369 e. The highest BCUT2D eigenvalue weighted by Gasteiger charge is 2.30. The molecule has 1 unspecified atom stereocenters. The van der Waals surface area contributed by atoms with E-state index in [2.05, 4.69) is 31.9 Å². The van der Waals surface area contributed by atoms with Crippen molar-refractivity contribution in [1.29, 1.82) is 0 Å². The first-order valence-corrected chi connectivity index (χ1v) is 11.2. The van der Waals surface area contributed by atoms with Gasteiger partial charge in [0.25, 0.3) is 0 Å². The summed E-state index contributed by atoms with van der Waals surface area (Å²) < 4.78 is 18.0. The van der Waals surface area contributed by atoms with E-state index in [0.29, 0.717) is 11.6 Å². The van der Waals surface area contributed by atoms with Gasteiger partial charge in [0.2, 0.25) is 0 Å². The van der Waals surface area contributed by atoms with Gasteiger partial charge in [-0.2, -0.15) is 10.2 Å². The number of hydrogen-bond donors (Lipinski definition) is 0. The molecule has 32 heavy (non-hydrogen) atoms. The van der Waals surface area contributed by atoms with Crippen LogP contribution in [0.1, 0.15) is 37.9 Å². The van der Waals surface area contributed by atoms with Gasteiger partial charge in [0.1, 0.15) is 17.3 Å². The third-order valence-electron chi connectivity index (χ3n) is 6.59. The molecule has 0 aliphatic carbocycles. The van der Waals surface area contributed by atoms with E-state index in [1.54, 1.807) is 23.0 Å². The van der Waals surface area contributed by atoms with Gasteiger partial charge in [-0.25, -0.2) is 18.6 Å². The zero-order valence-corrected chi connectivity index (χ0v) is 18.0. The molecule has 2 fully saturated rings. The largest absolute Gasteiger partial charge is 0.369 e. The first-order valence-electron chi connectivity index (χ1n) is 11.2. The predicted octanol–water partition coefficient (Wildman–Crippen LogP) is 3.64. The molecule has 0 bridgehead atoms. The van der Waals surface area contributed by atoms with Crippen LogP contribution in [0, 0.1) is 11.7 Å². The third-order valence-corrected chi connectivity index (χ3v) is 6.59. The van der Waals surface area contributed by atoms with Crippen molar-refractivity contribution in [3.05, 3.63) is 60.7 Å². The molecule has 0 amide bonds. The fourth-order valence-corrected chi connectivity index (χ4v) is 4.92. The molecule has 8 nitrogen and oxygen atoms in total. The molecule has 0 radical (unpaired) electrons. The summed E-state index contributed by atoms with van der Waals surface area (Å²) in [6, 6.07) is 4.91. The highest BCUT2D eigenvalue weighted by Crippen LogP contribution is 2.35. The maximum absolute atomic E-state index is 14.4. The van der Waals surface area contributed by atoms with Crippen LogP contribution in [-0.2, 0) is 0 Å². The van der Waals surface area contributed by atoms with Gasteiger partial charge in [-0.3, -0.25) is 4.98 Å². The standard InChI is InChI=1S/C23H25FN8/c1-16-6-10-29(14-16)17-12-26-32(15-17)20-13-27-31-11-7-21(28-23(20)31)30-9-3-5-19(30)22-18(24)4-2-8-25-22/h2,4,7-8,11-13,15-16,19H,3,5-6,9-10,14H2,1H3/t16?,19-/m1/s1. The molecule has 6 rings (SSSR count). The van der Waals surface area contributed by atoms with Crippen LogP contribution in [0.4, 0.5) is 15.9 Å². The zero-order chi connectivity index (χ0) is 21.7. The minimum atomic E-state index is -0.268. The van der Waals surface area contributed by atoms with Crippen LogP contribution in [0.15, 0.2) is 49.2 Å². The lowest BCUT2D eigenvalue weighted by atomic mass is 10.1. The van der Waals surface area contributed by atoms with Gasteiger partial charge in [0.15, 0.2) is 5.65 Å². The molecule has 164 valence electrons. The Morgan fingerprint density at radius 3 is 2.88 bits per heavy atom.